The molecule has 0 amide bonds. The van der Waals surface area contributed by atoms with Crippen molar-refractivity contribution in [2.24, 2.45) is 5.92 Å². The fourth-order valence-corrected chi connectivity index (χ4v) is 4.41. The maximum atomic E-state index is 11.9. The van der Waals surface area contributed by atoms with E-state index >= 15 is 0 Å². The topological polar surface area (TPSA) is 60.4 Å². The lowest BCUT2D eigenvalue weighted by Crippen LogP contribution is -2.16. The Morgan fingerprint density at radius 2 is 1.55 bits per heavy atom. The molecule has 1 heterocycles. The van der Waals surface area contributed by atoms with Gasteiger partial charge < -0.3 is 4.74 Å². The van der Waals surface area contributed by atoms with E-state index in [1.165, 1.54) is 6.08 Å². The molecule has 1 aliphatic rings. The van der Waals surface area contributed by atoms with Gasteiger partial charge in [0.2, 0.25) is 0 Å². The summed E-state index contributed by atoms with van der Waals surface area (Å²) in [6, 6.07) is 0. The maximum absolute atomic E-state index is 11.9. The highest BCUT2D eigenvalue weighted by molar-refractivity contribution is 7.94. The van der Waals surface area contributed by atoms with E-state index in [0.717, 1.165) is 5.41 Å². The van der Waals surface area contributed by atoms with Crippen LogP contribution in [0.5, 0.6) is 5.75 Å². The average Bonchev–Trinajstić information content (AvgIpc) is 2.78. The number of hydrogen-bond acceptors (Lipinski definition) is 4. The molecular weight excluding hydrogens is 417 g/mol. The van der Waals surface area contributed by atoms with Crippen molar-refractivity contribution >= 4 is 73.8 Å². The molecule has 1 aliphatic heterocycles. The Balaban J connectivity index is 2.18. The van der Waals surface area contributed by atoms with E-state index in [9.17, 15) is 13.2 Å². The summed E-state index contributed by atoms with van der Waals surface area (Å²) in [5, 5.41) is 0.532. The van der Waals surface area contributed by atoms with Gasteiger partial charge in [0.25, 0.3) is 0 Å². The Labute approximate surface area is 151 Å². The number of carbonyl (C=O) groups excluding carboxylic acids is 1. The lowest BCUT2D eigenvalue weighted by atomic mass is 10.1. The summed E-state index contributed by atoms with van der Waals surface area (Å²) in [6.45, 7) is 0. The third-order valence-corrected chi connectivity index (χ3v) is 6.53. The van der Waals surface area contributed by atoms with E-state index < -0.39 is 21.7 Å². The van der Waals surface area contributed by atoms with Gasteiger partial charge in [-0.15, -0.1) is 0 Å². The first-order valence-electron chi connectivity index (χ1n) is 5.75. The standard InChI is InChI=1S/C12H7Cl5O4S/c13-7-8(14)10(16)12(11(17)9(7)15)21-6(18)3-5-1-2-22(19,20)4-5/h1-2,5H,3-4H2. The zero-order chi connectivity index (χ0) is 16.7. The first-order valence-corrected chi connectivity index (χ1v) is 9.36. The lowest BCUT2D eigenvalue weighted by molar-refractivity contribution is -0.134. The van der Waals surface area contributed by atoms with Crippen LogP contribution < -0.4 is 4.74 Å². The number of allylic oxidation sites excluding steroid dienone is 1. The number of halogens is 5. The number of benzene rings is 1. The molecule has 0 bridgehead atoms. The second-order valence-corrected chi connectivity index (χ2v) is 8.32. The van der Waals surface area contributed by atoms with Crippen LogP contribution in [0.15, 0.2) is 11.5 Å². The van der Waals surface area contributed by atoms with Gasteiger partial charge in [-0.3, -0.25) is 4.79 Å². The van der Waals surface area contributed by atoms with Gasteiger partial charge in [-0.05, 0) is 0 Å². The Kier molecular flexibility index (Phi) is 5.58. The monoisotopic (exact) mass is 422 g/mol. The summed E-state index contributed by atoms with van der Waals surface area (Å²) >= 11 is 29.4. The van der Waals surface area contributed by atoms with Gasteiger partial charge >= 0.3 is 5.97 Å². The van der Waals surface area contributed by atoms with Gasteiger partial charge in [0.15, 0.2) is 15.6 Å². The van der Waals surface area contributed by atoms with Crippen LogP contribution in [-0.2, 0) is 14.6 Å². The molecule has 0 N–H and O–H groups in total. The summed E-state index contributed by atoms with van der Waals surface area (Å²) < 4.78 is 27.6. The van der Waals surface area contributed by atoms with Crippen molar-refractivity contribution in [2.45, 2.75) is 6.42 Å². The van der Waals surface area contributed by atoms with Gasteiger partial charge in [0.1, 0.15) is 10.0 Å². The molecule has 22 heavy (non-hydrogen) atoms. The van der Waals surface area contributed by atoms with Crippen molar-refractivity contribution in [3.63, 3.8) is 0 Å². The first kappa shape index (κ1) is 18.2. The summed E-state index contributed by atoms with van der Waals surface area (Å²) in [6.07, 6.45) is 1.28. The fourth-order valence-electron chi connectivity index (χ4n) is 1.81. The Morgan fingerprint density at radius 1 is 1.05 bits per heavy atom. The summed E-state index contributed by atoms with van der Waals surface area (Å²) in [7, 11) is -3.25. The first-order chi connectivity index (χ1) is 10.1. The number of sulfone groups is 1. The van der Waals surface area contributed by atoms with Gasteiger partial charge in [0.05, 0.1) is 27.2 Å². The number of esters is 1. The summed E-state index contributed by atoms with van der Waals surface area (Å²) in [5.74, 6) is -1.54. The highest BCUT2D eigenvalue weighted by atomic mass is 35.5. The molecule has 1 unspecified atom stereocenters. The van der Waals surface area contributed by atoms with Crippen molar-refractivity contribution in [2.75, 3.05) is 5.75 Å². The molecule has 1 aromatic rings. The van der Waals surface area contributed by atoms with Gasteiger partial charge in [0, 0.05) is 11.3 Å². The number of carbonyl (C=O) groups is 1. The average molecular weight is 425 g/mol. The van der Waals surface area contributed by atoms with E-state index in [-0.39, 0.29) is 43.0 Å². The molecule has 4 nitrogen and oxygen atoms in total. The third kappa shape index (κ3) is 3.83. The molecule has 1 aromatic carbocycles. The highest BCUT2D eigenvalue weighted by Gasteiger charge is 2.27. The van der Waals surface area contributed by atoms with Crippen molar-refractivity contribution < 1.29 is 17.9 Å². The van der Waals surface area contributed by atoms with Crippen LogP contribution in [0.1, 0.15) is 6.42 Å². The highest BCUT2D eigenvalue weighted by Crippen LogP contribution is 2.48. The minimum atomic E-state index is -3.25. The van der Waals surface area contributed by atoms with E-state index in [1.54, 1.807) is 0 Å². The van der Waals surface area contributed by atoms with Crippen molar-refractivity contribution in [1.82, 2.24) is 0 Å². The van der Waals surface area contributed by atoms with Gasteiger partial charge in [-0.25, -0.2) is 8.42 Å². The smallest absolute Gasteiger partial charge is 0.311 e. The number of hydrogen-bond donors (Lipinski definition) is 0. The number of rotatable bonds is 3. The van der Waals surface area contributed by atoms with Crippen LogP contribution in [0.4, 0.5) is 0 Å². The van der Waals surface area contributed by atoms with Crippen LogP contribution in [0, 0.1) is 5.92 Å². The predicted molar refractivity (Wildman–Crippen MR) is 88.2 cm³/mol. The molecule has 0 radical (unpaired) electrons. The Morgan fingerprint density at radius 3 is 2.00 bits per heavy atom. The second kappa shape index (κ2) is 6.75. The van der Waals surface area contributed by atoms with Crippen LogP contribution in [-0.4, -0.2) is 20.1 Å². The molecule has 0 aliphatic carbocycles. The Bertz CT molecular complexity index is 743. The third-order valence-electron chi connectivity index (χ3n) is 2.82. The Hall–Kier alpha value is -0.170. The van der Waals surface area contributed by atoms with Crippen molar-refractivity contribution in [1.29, 1.82) is 0 Å². The van der Waals surface area contributed by atoms with Crippen LogP contribution in [0.25, 0.3) is 0 Å². The maximum Gasteiger partial charge on any atom is 0.311 e. The molecule has 10 heteroatoms. The zero-order valence-corrected chi connectivity index (χ0v) is 15.2. The predicted octanol–water partition coefficient (Wildman–Crippen LogP) is 4.81. The minimum Gasteiger partial charge on any atom is -0.423 e. The molecule has 0 saturated carbocycles. The SMILES string of the molecule is O=C(CC1C=CS(=O)(=O)C1)Oc1c(Cl)c(Cl)c(Cl)c(Cl)c1Cl. The second-order valence-electron chi connectivity index (χ2n) is 4.50. The van der Waals surface area contributed by atoms with Crippen molar-refractivity contribution in [3.8, 4) is 5.75 Å². The molecular formula is C12H7Cl5O4S. The van der Waals surface area contributed by atoms with E-state index in [0.29, 0.717) is 0 Å². The molecule has 2 rings (SSSR count). The van der Waals surface area contributed by atoms with E-state index in [2.05, 4.69) is 0 Å². The normalized spacial score (nSPS) is 19.4. The minimum absolute atomic E-state index is 0.0528. The molecule has 1 atom stereocenters. The van der Waals surface area contributed by atoms with Crippen molar-refractivity contribution in [3.05, 3.63) is 36.6 Å². The molecule has 0 fully saturated rings. The summed E-state index contributed by atoms with van der Waals surface area (Å²) in [5.41, 5.74) is 0. The largest absolute Gasteiger partial charge is 0.423 e. The quantitative estimate of drug-likeness (QED) is 0.302. The number of ether oxygens (including phenoxy) is 1. The van der Waals surface area contributed by atoms with Crippen LogP contribution in [0.2, 0.25) is 25.1 Å². The molecule has 120 valence electrons. The van der Waals surface area contributed by atoms with Gasteiger partial charge in [-0.1, -0.05) is 64.1 Å². The molecule has 0 spiro atoms. The van der Waals surface area contributed by atoms with E-state index in [1.807, 2.05) is 0 Å². The van der Waals surface area contributed by atoms with Crippen LogP contribution >= 0.6 is 58.0 Å². The molecule has 0 aromatic heterocycles. The summed E-state index contributed by atoms with van der Waals surface area (Å²) in [4.78, 5) is 11.9. The van der Waals surface area contributed by atoms with Crippen LogP contribution in [0.3, 0.4) is 0 Å². The molecule has 0 saturated heterocycles. The van der Waals surface area contributed by atoms with Gasteiger partial charge in [-0.2, -0.15) is 0 Å². The van der Waals surface area contributed by atoms with E-state index in [4.69, 9.17) is 62.7 Å². The lowest BCUT2D eigenvalue weighted by Gasteiger charge is -2.13. The zero-order valence-electron chi connectivity index (χ0n) is 10.6. The fraction of sp³-hybridized carbons (Fsp3) is 0.250.